The van der Waals surface area contributed by atoms with Gasteiger partial charge in [0.05, 0.1) is 16.3 Å². The van der Waals surface area contributed by atoms with Crippen molar-refractivity contribution in [3.63, 3.8) is 0 Å². The molecule has 27 heavy (non-hydrogen) atoms. The lowest BCUT2D eigenvalue weighted by atomic mass is 10.2. The second kappa shape index (κ2) is 6.72. The Morgan fingerprint density at radius 1 is 1.22 bits per heavy atom. The van der Waals surface area contributed by atoms with Crippen LogP contribution < -0.4 is 5.32 Å². The molecule has 0 unspecified atom stereocenters. The third-order valence-electron chi connectivity index (χ3n) is 3.44. The number of benzene rings is 1. The Labute approximate surface area is 153 Å². The highest BCUT2D eigenvalue weighted by molar-refractivity contribution is 6.33. The number of rotatable bonds is 3. The quantitative estimate of drug-likeness (QED) is 0.660. The van der Waals surface area contributed by atoms with E-state index < -0.39 is 35.6 Å². The molecule has 6 nitrogen and oxygen atoms in total. The Kier molecular flexibility index (Phi) is 4.72. The van der Waals surface area contributed by atoms with E-state index in [-0.39, 0.29) is 22.2 Å². The Morgan fingerprint density at radius 3 is 2.56 bits per heavy atom. The zero-order valence-corrected chi connectivity index (χ0v) is 14.1. The minimum Gasteiger partial charge on any atom is -0.318 e. The zero-order chi connectivity index (χ0) is 19.9. The molecule has 1 aromatic carbocycles. The molecule has 0 fully saturated rings. The first kappa shape index (κ1) is 19.0. The van der Waals surface area contributed by atoms with Crippen molar-refractivity contribution in [2.24, 2.45) is 0 Å². The van der Waals surface area contributed by atoms with Crippen LogP contribution in [0, 0.1) is 6.92 Å². The number of aryl methyl sites for hydroxylation is 1. The van der Waals surface area contributed by atoms with Gasteiger partial charge in [0.2, 0.25) is 5.82 Å². The third kappa shape index (κ3) is 3.82. The van der Waals surface area contributed by atoms with Crippen molar-refractivity contribution in [2.75, 3.05) is 5.32 Å². The van der Waals surface area contributed by atoms with Gasteiger partial charge in [0.15, 0.2) is 0 Å². The van der Waals surface area contributed by atoms with Gasteiger partial charge >= 0.3 is 6.18 Å². The van der Waals surface area contributed by atoms with Crippen LogP contribution in [0.5, 0.6) is 0 Å². The van der Waals surface area contributed by atoms with Crippen LogP contribution in [0.3, 0.4) is 0 Å². The van der Waals surface area contributed by atoms with Crippen LogP contribution in [-0.2, 0) is 6.18 Å². The Balaban J connectivity index is 1.97. The number of alkyl halides is 5. The summed E-state index contributed by atoms with van der Waals surface area (Å²) in [5.41, 5.74) is -1.64. The molecule has 0 aliphatic carbocycles. The molecule has 2 aromatic heterocycles. The minimum absolute atomic E-state index is 0.151. The van der Waals surface area contributed by atoms with Crippen LogP contribution in [0.4, 0.5) is 27.6 Å². The van der Waals surface area contributed by atoms with Gasteiger partial charge in [0.1, 0.15) is 5.69 Å². The van der Waals surface area contributed by atoms with Crippen molar-refractivity contribution in [2.45, 2.75) is 19.5 Å². The van der Waals surface area contributed by atoms with Crippen LogP contribution >= 0.6 is 11.6 Å². The maximum Gasteiger partial charge on any atom is 0.416 e. The number of amides is 1. The lowest BCUT2D eigenvalue weighted by Crippen LogP contribution is -2.15. The van der Waals surface area contributed by atoms with E-state index >= 15 is 0 Å². The number of anilines is 1. The molecule has 3 aromatic rings. The van der Waals surface area contributed by atoms with E-state index in [0.717, 1.165) is 18.2 Å². The smallest absolute Gasteiger partial charge is 0.318 e. The monoisotopic (exact) mass is 405 g/mol. The fraction of sp³-hybridized carbons (Fsp3) is 0.200. The number of carbonyl (C=O) groups is 1. The van der Waals surface area contributed by atoms with Crippen LogP contribution in [-0.4, -0.2) is 25.5 Å². The highest BCUT2D eigenvalue weighted by atomic mass is 35.5. The van der Waals surface area contributed by atoms with Gasteiger partial charge in [-0.2, -0.15) is 22.7 Å². The summed E-state index contributed by atoms with van der Waals surface area (Å²) in [6.07, 6.45) is -7.54. The number of fused-ring (bicyclic) bond motifs is 1. The number of nitrogens with one attached hydrogen (secondary N) is 1. The average Bonchev–Trinajstić information content (AvgIpc) is 2.98. The van der Waals surface area contributed by atoms with E-state index in [2.05, 4.69) is 20.4 Å². The Bertz CT molecular complexity index is 1030. The van der Waals surface area contributed by atoms with Gasteiger partial charge in [-0.05, 0) is 31.2 Å². The van der Waals surface area contributed by atoms with Crippen LogP contribution in [0.2, 0.25) is 5.02 Å². The number of nitrogens with zero attached hydrogens (tertiary/aromatic N) is 4. The summed E-state index contributed by atoms with van der Waals surface area (Å²) in [7, 11) is 0. The van der Waals surface area contributed by atoms with Crippen LogP contribution in [0.25, 0.3) is 5.78 Å². The van der Waals surface area contributed by atoms with Crippen molar-refractivity contribution < 1.29 is 26.7 Å². The third-order valence-corrected chi connectivity index (χ3v) is 3.77. The molecule has 0 atom stereocenters. The summed E-state index contributed by atoms with van der Waals surface area (Å²) in [5, 5.41) is 5.65. The van der Waals surface area contributed by atoms with Gasteiger partial charge < -0.3 is 5.32 Å². The lowest BCUT2D eigenvalue weighted by molar-refractivity contribution is -0.137. The lowest BCUT2D eigenvalue weighted by Gasteiger charge is -2.10. The fourth-order valence-electron chi connectivity index (χ4n) is 2.24. The van der Waals surface area contributed by atoms with E-state index in [4.69, 9.17) is 11.6 Å². The van der Waals surface area contributed by atoms with Crippen molar-refractivity contribution in [1.29, 1.82) is 0 Å². The molecule has 12 heteroatoms. The van der Waals surface area contributed by atoms with Gasteiger partial charge in [0.25, 0.3) is 18.1 Å². The van der Waals surface area contributed by atoms with E-state index in [9.17, 15) is 26.7 Å². The van der Waals surface area contributed by atoms with Crippen molar-refractivity contribution in [1.82, 2.24) is 19.6 Å². The SMILES string of the molecule is Cc1cc(C(F)F)n2nc(C(=O)Nc3cc(C(F)(F)F)ccc3Cl)nc2n1. The summed E-state index contributed by atoms with van der Waals surface area (Å²) in [4.78, 5) is 19.9. The molecule has 1 N–H and O–H groups in total. The number of aromatic nitrogens is 4. The standard InChI is InChI=1S/C15H9ClF5N5O/c1-6-4-10(11(17)18)26-14(22-6)24-12(25-26)13(27)23-9-5-7(15(19,20)21)2-3-8(9)16/h2-5,11H,1H3,(H,23,27). The molecule has 0 saturated heterocycles. The van der Waals surface area contributed by atoms with E-state index in [0.29, 0.717) is 10.6 Å². The molecule has 0 saturated carbocycles. The van der Waals surface area contributed by atoms with Gasteiger partial charge in [-0.1, -0.05) is 11.6 Å². The highest BCUT2D eigenvalue weighted by Crippen LogP contribution is 2.34. The molecule has 0 aliphatic heterocycles. The maximum absolute atomic E-state index is 13.1. The second-order valence-electron chi connectivity index (χ2n) is 5.42. The first-order valence-corrected chi connectivity index (χ1v) is 7.64. The van der Waals surface area contributed by atoms with E-state index in [1.165, 1.54) is 6.92 Å². The predicted octanol–water partition coefficient (Wildman–Crippen LogP) is 4.29. The molecule has 2 heterocycles. The highest BCUT2D eigenvalue weighted by Gasteiger charge is 2.31. The van der Waals surface area contributed by atoms with Gasteiger partial charge in [-0.15, -0.1) is 5.10 Å². The molecular weight excluding hydrogens is 397 g/mol. The summed E-state index contributed by atoms with van der Waals surface area (Å²) in [6.45, 7) is 1.46. The number of hydrogen-bond donors (Lipinski definition) is 1. The molecule has 0 aliphatic rings. The predicted molar refractivity (Wildman–Crippen MR) is 84.9 cm³/mol. The molecule has 3 rings (SSSR count). The number of hydrogen-bond acceptors (Lipinski definition) is 4. The zero-order valence-electron chi connectivity index (χ0n) is 13.4. The molecule has 0 bridgehead atoms. The summed E-state index contributed by atoms with van der Waals surface area (Å²) >= 11 is 5.80. The maximum atomic E-state index is 13.1. The van der Waals surface area contributed by atoms with E-state index in [1.54, 1.807) is 0 Å². The molecule has 142 valence electrons. The normalized spacial score (nSPS) is 12.0. The van der Waals surface area contributed by atoms with Crippen molar-refractivity contribution >= 4 is 29.0 Å². The molecule has 0 radical (unpaired) electrons. The van der Waals surface area contributed by atoms with Gasteiger partial charge in [0, 0.05) is 5.69 Å². The summed E-state index contributed by atoms with van der Waals surface area (Å²) in [6, 6.07) is 3.44. The average molecular weight is 406 g/mol. The first-order chi connectivity index (χ1) is 12.6. The number of halogens is 6. The number of carbonyl (C=O) groups excluding carboxylic acids is 1. The van der Waals surface area contributed by atoms with Crippen LogP contribution in [0.1, 0.15) is 34.0 Å². The Hall–Kier alpha value is -2.82. The van der Waals surface area contributed by atoms with Crippen LogP contribution in [0.15, 0.2) is 24.3 Å². The van der Waals surface area contributed by atoms with Gasteiger partial charge in [-0.3, -0.25) is 4.79 Å². The summed E-state index contributed by atoms with van der Waals surface area (Å²) < 4.78 is 65.3. The molecule has 0 spiro atoms. The van der Waals surface area contributed by atoms with Crippen molar-refractivity contribution in [3.05, 3.63) is 52.1 Å². The minimum atomic E-state index is -4.64. The topological polar surface area (TPSA) is 72.2 Å². The summed E-state index contributed by atoms with van der Waals surface area (Å²) in [5.74, 6) is -1.83. The first-order valence-electron chi connectivity index (χ1n) is 7.27. The fourth-order valence-corrected chi connectivity index (χ4v) is 2.41. The molecular formula is C15H9ClF5N5O. The Morgan fingerprint density at radius 2 is 1.93 bits per heavy atom. The largest absolute Gasteiger partial charge is 0.416 e. The second-order valence-corrected chi connectivity index (χ2v) is 5.82. The van der Waals surface area contributed by atoms with Crippen molar-refractivity contribution in [3.8, 4) is 0 Å². The van der Waals surface area contributed by atoms with Gasteiger partial charge in [-0.25, -0.2) is 13.8 Å². The van der Waals surface area contributed by atoms with E-state index in [1.807, 2.05) is 0 Å². The molecule has 1 amide bonds.